The van der Waals surface area contributed by atoms with Gasteiger partial charge >= 0.3 is 6.18 Å². The summed E-state index contributed by atoms with van der Waals surface area (Å²) in [5.41, 5.74) is -0.417. The Kier molecular flexibility index (Phi) is 6.25. The summed E-state index contributed by atoms with van der Waals surface area (Å²) in [5, 5.41) is 3.02. The zero-order chi connectivity index (χ0) is 22.6. The van der Waals surface area contributed by atoms with Crippen molar-refractivity contribution in [1.82, 2.24) is 15.3 Å². The second-order valence-corrected chi connectivity index (χ2v) is 7.44. The highest BCUT2D eigenvalue weighted by Gasteiger charge is 2.30. The van der Waals surface area contributed by atoms with Crippen molar-refractivity contribution in [1.29, 1.82) is 0 Å². The molecule has 0 unspecified atom stereocenters. The van der Waals surface area contributed by atoms with E-state index in [-0.39, 0.29) is 23.4 Å². The van der Waals surface area contributed by atoms with Gasteiger partial charge in [-0.1, -0.05) is 12.1 Å². The minimum Gasteiger partial charge on any atom is -0.457 e. The third-order valence-electron chi connectivity index (χ3n) is 5.16. The molecular formula is C23H21F3N4O2. The number of carbonyl (C=O) groups is 1. The molecule has 2 heterocycles. The summed E-state index contributed by atoms with van der Waals surface area (Å²) in [6, 6.07) is 12.8. The molecular weight excluding hydrogens is 421 g/mol. The van der Waals surface area contributed by atoms with Gasteiger partial charge in [-0.15, -0.1) is 0 Å². The van der Waals surface area contributed by atoms with Crippen LogP contribution in [0.3, 0.4) is 0 Å². The number of ether oxygens (including phenoxy) is 1. The maximum Gasteiger partial charge on any atom is 0.416 e. The van der Waals surface area contributed by atoms with Crippen LogP contribution in [0.15, 0.2) is 67.0 Å². The summed E-state index contributed by atoms with van der Waals surface area (Å²) >= 11 is 0. The Morgan fingerprint density at radius 2 is 1.62 bits per heavy atom. The van der Waals surface area contributed by atoms with Crippen molar-refractivity contribution in [2.24, 2.45) is 0 Å². The second kappa shape index (κ2) is 9.25. The van der Waals surface area contributed by atoms with Crippen LogP contribution < -0.4 is 15.0 Å². The first-order valence-electron chi connectivity index (χ1n) is 10.2. The number of nitrogens with one attached hydrogen (secondary N) is 1. The Morgan fingerprint density at radius 1 is 0.969 bits per heavy atom. The lowest BCUT2D eigenvalue weighted by molar-refractivity contribution is -0.137. The molecule has 0 bridgehead atoms. The summed E-state index contributed by atoms with van der Waals surface area (Å²) in [4.78, 5) is 23.3. The molecule has 1 aliphatic rings. The van der Waals surface area contributed by atoms with Crippen LogP contribution in [-0.4, -0.2) is 35.0 Å². The van der Waals surface area contributed by atoms with E-state index in [0.29, 0.717) is 11.5 Å². The van der Waals surface area contributed by atoms with Crippen molar-refractivity contribution in [2.75, 3.05) is 18.0 Å². The van der Waals surface area contributed by atoms with Gasteiger partial charge in [-0.3, -0.25) is 4.79 Å². The lowest BCUT2D eigenvalue weighted by atomic mass is 10.0. The zero-order valence-corrected chi connectivity index (χ0v) is 17.0. The fourth-order valence-electron chi connectivity index (χ4n) is 3.52. The highest BCUT2D eigenvalue weighted by molar-refractivity contribution is 5.94. The Balaban J connectivity index is 1.36. The third-order valence-corrected chi connectivity index (χ3v) is 5.16. The van der Waals surface area contributed by atoms with Crippen LogP contribution in [0.25, 0.3) is 0 Å². The number of carbonyl (C=O) groups excluding carboxylic acids is 1. The summed E-state index contributed by atoms with van der Waals surface area (Å²) in [5.74, 6) is 0.756. The fourth-order valence-corrected chi connectivity index (χ4v) is 3.52. The molecule has 166 valence electrons. The maximum absolute atomic E-state index is 12.9. The normalized spacial score (nSPS) is 14.8. The molecule has 4 rings (SSSR count). The molecule has 6 nitrogen and oxygen atoms in total. The molecule has 0 saturated carbocycles. The Bertz CT molecular complexity index is 1070. The van der Waals surface area contributed by atoms with Crippen LogP contribution in [0, 0.1) is 0 Å². The summed E-state index contributed by atoms with van der Waals surface area (Å²) in [6.45, 7) is 1.46. The summed E-state index contributed by atoms with van der Waals surface area (Å²) in [7, 11) is 0. The number of halogens is 3. The van der Waals surface area contributed by atoms with Gasteiger partial charge in [-0.05, 0) is 55.3 Å². The van der Waals surface area contributed by atoms with Gasteiger partial charge in [0, 0.05) is 37.1 Å². The number of anilines is 1. The van der Waals surface area contributed by atoms with E-state index in [0.717, 1.165) is 38.1 Å². The highest BCUT2D eigenvalue weighted by atomic mass is 19.4. The molecule has 0 atom stereocenters. The van der Waals surface area contributed by atoms with Gasteiger partial charge < -0.3 is 15.0 Å². The molecule has 0 aliphatic carbocycles. The van der Waals surface area contributed by atoms with E-state index in [2.05, 4.69) is 20.2 Å². The summed E-state index contributed by atoms with van der Waals surface area (Å²) < 4.78 is 44.3. The van der Waals surface area contributed by atoms with Gasteiger partial charge in [0.15, 0.2) is 0 Å². The van der Waals surface area contributed by atoms with E-state index < -0.39 is 11.7 Å². The van der Waals surface area contributed by atoms with E-state index in [1.807, 2.05) is 0 Å². The quantitative estimate of drug-likeness (QED) is 0.621. The number of amides is 1. The molecule has 32 heavy (non-hydrogen) atoms. The van der Waals surface area contributed by atoms with Crippen molar-refractivity contribution < 1.29 is 22.7 Å². The molecule has 1 N–H and O–H groups in total. The van der Waals surface area contributed by atoms with Crippen LogP contribution in [0.1, 0.15) is 28.8 Å². The predicted molar refractivity (Wildman–Crippen MR) is 113 cm³/mol. The number of nitrogens with zero attached hydrogens (tertiary/aromatic N) is 3. The van der Waals surface area contributed by atoms with Crippen molar-refractivity contribution in [3.63, 3.8) is 0 Å². The van der Waals surface area contributed by atoms with Crippen molar-refractivity contribution in [3.05, 3.63) is 78.1 Å². The zero-order valence-electron chi connectivity index (χ0n) is 17.0. The van der Waals surface area contributed by atoms with Gasteiger partial charge in [-0.25, -0.2) is 9.97 Å². The molecule has 3 aromatic rings. The summed E-state index contributed by atoms with van der Waals surface area (Å²) in [6.07, 6.45) is 0.452. The first kappa shape index (κ1) is 21.6. The molecule has 9 heteroatoms. The van der Waals surface area contributed by atoms with Gasteiger partial charge in [0.05, 0.1) is 5.56 Å². The first-order chi connectivity index (χ1) is 15.4. The monoisotopic (exact) mass is 442 g/mol. The SMILES string of the molecule is O=C(NC1CCN(c2ncccn2)CC1)c1cccc(Oc2cccc(C(F)(F)F)c2)c1. The fraction of sp³-hybridized carbons (Fsp3) is 0.261. The van der Waals surface area contributed by atoms with Crippen LogP contribution in [0.2, 0.25) is 0 Å². The first-order valence-corrected chi connectivity index (χ1v) is 10.2. The maximum atomic E-state index is 12.9. The average Bonchev–Trinajstić information content (AvgIpc) is 2.80. The highest BCUT2D eigenvalue weighted by Crippen LogP contribution is 2.32. The standard InChI is InChI=1S/C23H21F3N4O2/c24-23(25,26)17-5-2-7-20(15-17)32-19-6-1-4-16(14-19)21(31)29-18-8-12-30(13-9-18)22-27-10-3-11-28-22/h1-7,10-11,14-15,18H,8-9,12-13H2,(H,29,31). The minimum atomic E-state index is -4.46. The Morgan fingerprint density at radius 3 is 2.31 bits per heavy atom. The van der Waals surface area contributed by atoms with Crippen LogP contribution in [-0.2, 0) is 6.18 Å². The van der Waals surface area contributed by atoms with Crippen LogP contribution in [0.4, 0.5) is 19.1 Å². The van der Waals surface area contributed by atoms with Crippen molar-refractivity contribution >= 4 is 11.9 Å². The predicted octanol–water partition coefficient (Wildman–Crippen LogP) is 4.69. The van der Waals surface area contributed by atoms with Crippen LogP contribution >= 0.6 is 0 Å². The Labute approximate surface area is 183 Å². The number of hydrogen-bond donors (Lipinski definition) is 1. The molecule has 0 radical (unpaired) electrons. The van der Waals surface area contributed by atoms with Crippen molar-refractivity contribution in [3.8, 4) is 11.5 Å². The van der Waals surface area contributed by atoms with Gasteiger partial charge in [0.25, 0.3) is 5.91 Å². The molecule has 1 amide bonds. The van der Waals surface area contributed by atoms with E-state index >= 15 is 0 Å². The number of piperidine rings is 1. The molecule has 1 saturated heterocycles. The number of aromatic nitrogens is 2. The lowest BCUT2D eigenvalue weighted by Crippen LogP contribution is -2.45. The van der Waals surface area contributed by atoms with Gasteiger partial charge in [0.1, 0.15) is 11.5 Å². The number of hydrogen-bond acceptors (Lipinski definition) is 5. The largest absolute Gasteiger partial charge is 0.457 e. The Hall–Kier alpha value is -3.62. The lowest BCUT2D eigenvalue weighted by Gasteiger charge is -2.32. The molecule has 0 spiro atoms. The average molecular weight is 442 g/mol. The van der Waals surface area contributed by atoms with Crippen molar-refractivity contribution in [2.45, 2.75) is 25.1 Å². The topological polar surface area (TPSA) is 67.4 Å². The number of rotatable bonds is 5. The van der Waals surface area contributed by atoms with E-state index in [9.17, 15) is 18.0 Å². The second-order valence-electron chi connectivity index (χ2n) is 7.44. The number of benzene rings is 2. The van der Waals surface area contributed by atoms with E-state index in [4.69, 9.17) is 4.74 Å². The van der Waals surface area contributed by atoms with Crippen LogP contribution in [0.5, 0.6) is 11.5 Å². The number of alkyl halides is 3. The molecule has 1 aromatic heterocycles. The third kappa shape index (κ3) is 5.35. The van der Waals surface area contributed by atoms with Gasteiger partial charge in [0.2, 0.25) is 5.95 Å². The molecule has 2 aromatic carbocycles. The smallest absolute Gasteiger partial charge is 0.416 e. The molecule has 1 fully saturated rings. The van der Waals surface area contributed by atoms with Gasteiger partial charge in [-0.2, -0.15) is 13.2 Å². The van der Waals surface area contributed by atoms with E-state index in [1.54, 1.807) is 36.7 Å². The van der Waals surface area contributed by atoms with E-state index in [1.165, 1.54) is 18.2 Å². The minimum absolute atomic E-state index is 0.00973. The molecule has 1 aliphatic heterocycles.